The van der Waals surface area contributed by atoms with Gasteiger partial charge in [0.25, 0.3) is 11.6 Å². The fourth-order valence-corrected chi connectivity index (χ4v) is 3.58. The van der Waals surface area contributed by atoms with Crippen molar-refractivity contribution in [2.45, 2.75) is 56.5 Å². The van der Waals surface area contributed by atoms with Gasteiger partial charge in [-0.05, 0) is 24.3 Å². The van der Waals surface area contributed by atoms with Crippen LogP contribution in [0.2, 0.25) is 0 Å². The van der Waals surface area contributed by atoms with Crippen LogP contribution in [0.3, 0.4) is 0 Å². The molecule has 3 rings (SSSR count). The van der Waals surface area contributed by atoms with Crippen LogP contribution in [0.5, 0.6) is 0 Å². The topological polar surface area (TPSA) is 73.1 Å². The number of benzene rings is 1. The number of halogens is 3. The number of nitrogens with zero attached hydrogens (tertiary/aromatic N) is 2. The van der Waals surface area contributed by atoms with Crippen molar-refractivity contribution in [3.8, 4) is 0 Å². The maximum Gasteiger partial charge on any atom is 0.438 e. The molecule has 1 saturated carbocycles. The van der Waals surface area contributed by atoms with E-state index in [1.165, 1.54) is 12.1 Å². The summed E-state index contributed by atoms with van der Waals surface area (Å²) >= 11 is 0. The Labute approximate surface area is 149 Å². The number of hydrogen-bond acceptors (Lipinski definition) is 4. The maximum atomic E-state index is 13.6. The lowest BCUT2D eigenvalue weighted by atomic mass is 9.83. The smallest absolute Gasteiger partial charge is 0.378 e. The molecule has 1 aromatic rings. The summed E-state index contributed by atoms with van der Waals surface area (Å²) in [6.07, 6.45) is -3.52. The van der Waals surface area contributed by atoms with Crippen molar-refractivity contribution in [2.24, 2.45) is 11.0 Å². The van der Waals surface area contributed by atoms with E-state index in [1.54, 1.807) is 18.2 Å². The van der Waals surface area contributed by atoms with Crippen molar-refractivity contribution in [1.82, 2.24) is 5.01 Å². The zero-order valence-electron chi connectivity index (χ0n) is 14.1. The molecule has 0 spiro atoms. The minimum atomic E-state index is -5.08. The van der Waals surface area contributed by atoms with E-state index in [-0.39, 0.29) is 22.2 Å². The Morgan fingerprint density at radius 1 is 1.19 bits per heavy atom. The van der Waals surface area contributed by atoms with Gasteiger partial charge in [0.05, 0.1) is 0 Å². The Kier molecular flexibility index (Phi) is 5.07. The molecule has 0 saturated heterocycles. The highest BCUT2D eigenvalue weighted by atomic mass is 19.4. The van der Waals surface area contributed by atoms with Crippen LogP contribution in [0.25, 0.3) is 0 Å². The third kappa shape index (κ3) is 3.35. The van der Waals surface area contributed by atoms with E-state index in [4.69, 9.17) is 0 Å². The Morgan fingerprint density at radius 2 is 1.81 bits per heavy atom. The highest BCUT2D eigenvalue weighted by Crippen LogP contribution is 2.44. The average molecular weight is 370 g/mol. The normalized spacial score (nSPS) is 25.9. The lowest BCUT2D eigenvalue weighted by Crippen LogP contribution is -2.57. The molecule has 1 aliphatic heterocycles. The number of aliphatic hydroxyl groups excluding tert-OH is 1. The predicted molar refractivity (Wildman–Crippen MR) is 87.9 cm³/mol. The van der Waals surface area contributed by atoms with Crippen LogP contribution < -0.4 is 0 Å². The first-order chi connectivity index (χ1) is 12.2. The molecule has 0 bridgehead atoms. The van der Waals surface area contributed by atoms with Crippen LogP contribution in [0.15, 0.2) is 35.4 Å². The third-order valence-corrected chi connectivity index (χ3v) is 5.09. The van der Waals surface area contributed by atoms with E-state index in [1.807, 2.05) is 0 Å². The zero-order valence-corrected chi connectivity index (χ0v) is 14.1. The molecule has 0 radical (unpaired) electrons. The molecule has 1 heterocycles. The van der Waals surface area contributed by atoms with Crippen molar-refractivity contribution in [3.63, 3.8) is 0 Å². The highest BCUT2D eigenvalue weighted by molar-refractivity contribution is 5.93. The van der Waals surface area contributed by atoms with Crippen molar-refractivity contribution in [2.75, 3.05) is 0 Å². The van der Waals surface area contributed by atoms with Crippen molar-refractivity contribution in [1.29, 1.82) is 0 Å². The summed E-state index contributed by atoms with van der Waals surface area (Å²) in [4.78, 5) is 12.5. The van der Waals surface area contributed by atoms with Gasteiger partial charge in [-0.1, -0.05) is 49.6 Å². The molecular weight excluding hydrogens is 349 g/mol. The van der Waals surface area contributed by atoms with Gasteiger partial charge in [0.1, 0.15) is 0 Å². The second-order valence-electron chi connectivity index (χ2n) is 6.88. The number of alkyl halides is 3. The first kappa shape index (κ1) is 18.8. The molecule has 142 valence electrons. The number of hydrogen-bond donors (Lipinski definition) is 2. The van der Waals surface area contributed by atoms with E-state index in [0.29, 0.717) is 12.8 Å². The lowest BCUT2D eigenvalue weighted by molar-refractivity contribution is -0.303. The molecule has 2 atom stereocenters. The Bertz CT molecular complexity index is 687. The van der Waals surface area contributed by atoms with E-state index < -0.39 is 30.3 Å². The van der Waals surface area contributed by atoms with Gasteiger partial charge in [0, 0.05) is 12.1 Å². The molecule has 8 heteroatoms. The largest absolute Gasteiger partial charge is 0.438 e. The van der Waals surface area contributed by atoms with E-state index >= 15 is 0 Å². The highest BCUT2D eigenvalue weighted by Gasteiger charge is 2.64. The molecular formula is C18H21F3N2O3. The SMILES string of the molecule is O=C([C@H](O)c1ccccc1)N1N=C(C2CCCCC2)C[C@]1(O)C(F)(F)F. The summed E-state index contributed by atoms with van der Waals surface area (Å²) in [5.74, 6) is -1.47. The predicted octanol–water partition coefficient (Wildman–Crippen LogP) is 3.14. The second-order valence-corrected chi connectivity index (χ2v) is 6.88. The quantitative estimate of drug-likeness (QED) is 0.859. The van der Waals surface area contributed by atoms with Gasteiger partial charge in [-0.3, -0.25) is 4.79 Å². The molecule has 1 aromatic carbocycles. The Hall–Kier alpha value is -1.93. The van der Waals surface area contributed by atoms with Crippen molar-refractivity contribution < 1.29 is 28.2 Å². The fraction of sp³-hybridized carbons (Fsp3) is 0.556. The van der Waals surface area contributed by atoms with Crippen molar-refractivity contribution >= 4 is 11.6 Å². The Balaban J connectivity index is 1.91. The molecule has 26 heavy (non-hydrogen) atoms. The third-order valence-electron chi connectivity index (χ3n) is 5.09. The zero-order chi connectivity index (χ0) is 18.9. The summed E-state index contributed by atoms with van der Waals surface area (Å²) in [5, 5.41) is 24.4. The molecule has 1 fully saturated rings. The number of hydrazone groups is 1. The van der Waals surface area contributed by atoms with Gasteiger partial charge >= 0.3 is 6.18 Å². The molecule has 2 N–H and O–H groups in total. The molecule has 1 aliphatic carbocycles. The lowest BCUT2D eigenvalue weighted by Gasteiger charge is -2.33. The van der Waals surface area contributed by atoms with Gasteiger partial charge in [-0.2, -0.15) is 23.3 Å². The van der Waals surface area contributed by atoms with Gasteiger partial charge in [-0.25, -0.2) is 0 Å². The minimum absolute atomic E-state index is 0.0363. The molecule has 0 unspecified atom stereocenters. The second kappa shape index (κ2) is 7.00. The van der Waals surface area contributed by atoms with Crippen LogP contribution in [0.4, 0.5) is 13.2 Å². The molecule has 1 amide bonds. The van der Waals surface area contributed by atoms with Gasteiger partial charge < -0.3 is 10.2 Å². The standard InChI is InChI=1S/C18H21F3N2O3/c19-18(20,21)17(26)11-14(12-7-3-1-4-8-12)22-23(17)16(25)15(24)13-9-5-2-6-10-13/h2,5-6,9-10,12,15,24,26H,1,3-4,7-8,11H2/t15-,17+/m1/s1. The van der Waals surface area contributed by atoms with Crippen LogP contribution in [-0.4, -0.2) is 38.7 Å². The maximum absolute atomic E-state index is 13.6. The first-order valence-corrected chi connectivity index (χ1v) is 8.67. The summed E-state index contributed by atoms with van der Waals surface area (Å²) in [5.41, 5.74) is -3.10. The van der Waals surface area contributed by atoms with E-state index in [2.05, 4.69) is 5.10 Å². The number of rotatable bonds is 3. The van der Waals surface area contributed by atoms with Crippen molar-refractivity contribution in [3.05, 3.63) is 35.9 Å². The van der Waals surface area contributed by atoms with Crippen LogP contribution in [0, 0.1) is 5.92 Å². The van der Waals surface area contributed by atoms with Crippen LogP contribution in [-0.2, 0) is 4.79 Å². The molecule has 5 nitrogen and oxygen atoms in total. The van der Waals surface area contributed by atoms with Crippen LogP contribution in [0.1, 0.15) is 50.2 Å². The number of carbonyl (C=O) groups is 1. The first-order valence-electron chi connectivity index (χ1n) is 8.67. The van der Waals surface area contributed by atoms with Gasteiger partial charge in [0.15, 0.2) is 6.10 Å². The summed E-state index contributed by atoms with van der Waals surface area (Å²) in [7, 11) is 0. The summed E-state index contributed by atoms with van der Waals surface area (Å²) in [6, 6.07) is 7.63. The van der Waals surface area contributed by atoms with E-state index in [9.17, 15) is 28.2 Å². The number of carbonyl (C=O) groups excluding carboxylic acids is 1. The van der Waals surface area contributed by atoms with Gasteiger partial charge in [-0.15, -0.1) is 0 Å². The van der Waals surface area contributed by atoms with Gasteiger partial charge in [0.2, 0.25) is 0 Å². The summed E-state index contributed by atoms with van der Waals surface area (Å²) in [6.45, 7) is 0. The number of aliphatic hydroxyl groups is 2. The Morgan fingerprint density at radius 3 is 2.38 bits per heavy atom. The number of amides is 1. The molecule has 0 aromatic heterocycles. The van der Waals surface area contributed by atoms with Crippen LogP contribution >= 0.6 is 0 Å². The monoisotopic (exact) mass is 370 g/mol. The summed E-state index contributed by atoms with van der Waals surface area (Å²) < 4.78 is 40.7. The van der Waals surface area contributed by atoms with E-state index in [0.717, 1.165) is 19.3 Å². The molecule has 2 aliphatic rings. The minimum Gasteiger partial charge on any atom is -0.378 e. The average Bonchev–Trinajstić information content (AvgIpc) is 3.01. The fourth-order valence-electron chi connectivity index (χ4n) is 3.58.